The van der Waals surface area contributed by atoms with Crippen LogP contribution in [0.15, 0.2) is 140 Å². The van der Waals surface area contributed by atoms with Crippen molar-refractivity contribution in [2.24, 2.45) is 0 Å². The molecule has 2 aromatic heterocycles. The van der Waals surface area contributed by atoms with Gasteiger partial charge in [0.05, 0.1) is 22.4 Å². The van der Waals surface area contributed by atoms with E-state index in [-0.39, 0.29) is 0 Å². The number of nitrogens with zero attached hydrogens (tertiary/aromatic N) is 3. The molecule has 0 N–H and O–H groups in total. The lowest BCUT2D eigenvalue weighted by molar-refractivity contribution is 1.14. The predicted octanol–water partition coefficient (Wildman–Crippen LogP) is 9.19. The number of rotatable bonds is 3. The van der Waals surface area contributed by atoms with Gasteiger partial charge in [-0.05, 0) is 56.4 Å². The lowest BCUT2D eigenvalue weighted by Crippen LogP contribution is -1.98. The first-order valence-corrected chi connectivity index (χ1v) is 13.2. The molecule has 0 spiro atoms. The van der Waals surface area contributed by atoms with Crippen LogP contribution in [0, 0.1) is 0 Å². The Labute approximate surface area is 225 Å². The summed E-state index contributed by atoms with van der Waals surface area (Å²) in [5.74, 6) is 0.703. The van der Waals surface area contributed by atoms with Crippen molar-refractivity contribution in [1.29, 1.82) is 0 Å². The van der Waals surface area contributed by atoms with E-state index in [0.29, 0.717) is 5.78 Å². The Balaban J connectivity index is 1.42. The van der Waals surface area contributed by atoms with Gasteiger partial charge in [-0.1, -0.05) is 121 Å². The van der Waals surface area contributed by atoms with E-state index in [1.54, 1.807) is 0 Å². The normalized spacial score (nSPS) is 11.6. The topological polar surface area (TPSA) is 30.2 Å². The van der Waals surface area contributed by atoms with E-state index in [0.717, 1.165) is 33.5 Å². The Kier molecular flexibility index (Phi) is 4.82. The maximum absolute atomic E-state index is 5.12. The molecule has 0 aliphatic heterocycles. The Morgan fingerprint density at radius 3 is 1.97 bits per heavy atom. The van der Waals surface area contributed by atoms with Gasteiger partial charge in [0.15, 0.2) is 0 Å². The first-order chi connectivity index (χ1) is 19.3. The van der Waals surface area contributed by atoms with Gasteiger partial charge >= 0.3 is 0 Å². The van der Waals surface area contributed by atoms with Crippen molar-refractivity contribution >= 4 is 38.4 Å². The van der Waals surface area contributed by atoms with Crippen LogP contribution in [0.3, 0.4) is 0 Å². The number of fused-ring (bicyclic) bond motifs is 5. The van der Waals surface area contributed by atoms with E-state index >= 15 is 0 Å². The molecular weight excluding hydrogens is 474 g/mol. The SMILES string of the molecule is c1ccc(-c2cc(-c3ccc(-c4cccc5ccccc45)c4ccccc34)nc3nc4ccccc4n23)cc1. The van der Waals surface area contributed by atoms with Gasteiger partial charge in [0, 0.05) is 5.56 Å². The third-order valence-corrected chi connectivity index (χ3v) is 7.63. The largest absolute Gasteiger partial charge is 0.276 e. The fourth-order valence-electron chi connectivity index (χ4n) is 5.84. The molecule has 0 saturated carbocycles. The highest BCUT2D eigenvalue weighted by molar-refractivity contribution is 6.09. The molecule has 0 atom stereocenters. The molecule has 0 bridgehead atoms. The molecule has 2 heterocycles. The van der Waals surface area contributed by atoms with Gasteiger partial charge in [-0.2, -0.15) is 0 Å². The number of aromatic nitrogens is 3. The molecule has 0 fully saturated rings. The number of hydrogen-bond donors (Lipinski definition) is 0. The summed E-state index contributed by atoms with van der Waals surface area (Å²) in [5, 5.41) is 4.89. The third-order valence-electron chi connectivity index (χ3n) is 7.63. The first kappa shape index (κ1) is 21.8. The van der Waals surface area contributed by atoms with Crippen molar-refractivity contribution in [3.63, 3.8) is 0 Å². The van der Waals surface area contributed by atoms with Gasteiger partial charge in [-0.25, -0.2) is 9.97 Å². The van der Waals surface area contributed by atoms with Gasteiger partial charge in [0.25, 0.3) is 0 Å². The molecule has 0 amide bonds. The van der Waals surface area contributed by atoms with E-state index in [2.05, 4.69) is 126 Å². The number of benzene rings is 6. The van der Waals surface area contributed by atoms with Crippen LogP contribution < -0.4 is 0 Å². The molecule has 6 aromatic carbocycles. The average Bonchev–Trinajstić information content (AvgIpc) is 3.39. The predicted molar refractivity (Wildman–Crippen MR) is 162 cm³/mol. The maximum Gasteiger partial charge on any atom is 0.235 e. The van der Waals surface area contributed by atoms with Gasteiger partial charge in [0.2, 0.25) is 5.78 Å². The summed E-state index contributed by atoms with van der Waals surface area (Å²) in [7, 11) is 0. The maximum atomic E-state index is 5.12. The first-order valence-electron chi connectivity index (χ1n) is 13.2. The molecule has 0 unspecified atom stereocenters. The van der Waals surface area contributed by atoms with Crippen LogP contribution in [0.4, 0.5) is 0 Å². The number of imidazole rings is 1. The van der Waals surface area contributed by atoms with Crippen molar-refractivity contribution in [2.45, 2.75) is 0 Å². The van der Waals surface area contributed by atoms with E-state index in [1.807, 2.05) is 18.2 Å². The van der Waals surface area contributed by atoms with Crippen molar-refractivity contribution in [2.75, 3.05) is 0 Å². The summed E-state index contributed by atoms with van der Waals surface area (Å²) in [6.07, 6.45) is 0. The van der Waals surface area contributed by atoms with Gasteiger partial charge in [-0.3, -0.25) is 4.40 Å². The van der Waals surface area contributed by atoms with E-state index in [1.165, 1.54) is 32.7 Å². The molecule has 3 heteroatoms. The molecule has 39 heavy (non-hydrogen) atoms. The third kappa shape index (κ3) is 3.44. The Morgan fingerprint density at radius 1 is 0.462 bits per heavy atom. The standard InChI is InChI=1S/C36H23N3/c1-2-12-25(13-3-1)35-23-33(38-36-37-32-19-8-9-20-34(32)39(35)36)31-22-21-30(28-16-6-7-17-29(28)31)27-18-10-14-24-11-4-5-15-26(24)27/h1-23H. The highest BCUT2D eigenvalue weighted by atomic mass is 15.1. The molecule has 0 radical (unpaired) electrons. The second-order valence-corrected chi connectivity index (χ2v) is 9.86. The molecular formula is C36H23N3. The summed E-state index contributed by atoms with van der Waals surface area (Å²) in [6.45, 7) is 0. The molecule has 0 aliphatic rings. The summed E-state index contributed by atoms with van der Waals surface area (Å²) in [5.41, 5.74) is 8.68. The van der Waals surface area contributed by atoms with Gasteiger partial charge in [-0.15, -0.1) is 0 Å². The Morgan fingerprint density at radius 2 is 1.10 bits per heavy atom. The number of para-hydroxylation sites is 2. The molecule has 3 nitrogen and oxygen atoms in total. The Bertz CT molecular complexity index is 2170. The zero-order valence-electron chi connectivity index (χ0n) is 21.1. The van der Waals surface area contributed by atoms with Gasteiger partial charge in [0.1, 0.15) is 0 Å². The van der Waals surface area contributed by atoms with E-state index < -0.39 is 0 Å². The summed E-state index contributed by atoms with van der Waals surface area (Å²) in [4.78, 5) is 10.0. The number of hydrogen-bond acceptors (Lipinski definition) is 2. The average molecular weight is 498 g/mol. The summed E-state index contributed by atoms with van der Waals surface area (Å²) < 4.78 is 2.17. The van der Waals surface area contributed by atoms with Crippen LogP contribution in [0.5, 0.6) is 0 Å². The Hall–Kier alpha value is -5.28. The lowest BCUT2D eigenvalue weighted by Gasteiger charge is -2.15. The minimum Gasteiger partial charge on any atom is -0.276 e. The smallest absolute Gasteiger partial charge is 0.235 e. The van der Waals surface area contributed by atoms with Crippen molar-refractivity contribution in [3.05, 3.63) is 140 Å². The minimum atomic E-state index is 0.703. The van der Waals surface area contributed by atoms with E-state index in [4.69, 9.17) is 9.97 Å². The minimum absolute atomic E-state index is 0.703. The fraction of sp³-hybridized carbons (Fsp3) is 0. The molecule has 8 aromatic rings. The van der Waals surface area contributed by atoms with Crippen LogP contribution in [0.2, 0.25) is 0 Å². The highest BCUT2D eigenvalue weighted by Gasteiger charge is 2.17. The van der Waals surface area contributed by atoms with Crippen LogP contribution in [-0.2, 0) is 0 Å². The summed E-state index contributed by atoms with van der Waals surface area (Å²) in [6, 6.07) is 49.2. The summed E-state index contributed by atoms with van der Waals surface area (Å²) >= 11 is 0. The molecule has 8 rings (SSSR count). The second kappa shape index (κ2) is 8.64. The quantitative estimate of drug-likeness (QED) is 0.244. The van der Waals surface area contributed by atoms with E-state index in [9.17, 15) is 0 Å². The van der Waals surface area contributed by atoms with Crippen LogP contribution in [0.1, 0.15) is 0 Å². The lowest BCUT2D eigenvalue weighted by atomic mass is 9.91. The molecule has 0 saturated heterocycles. The van der Waals surface area contributed by atoms with Crippen LogP contribution in [-0.4, -0.2) is 14.4 Å². The van der Waals surface area contributed by atoms with Crippen molar-refractivity contribution < 1.29 is 0 Å². The monoisotopic (exact) mass is 497 g/mol. The molecule has 0 aliphatic carbocycles. The van der Waals surface area contributed by atoms with Gasteiger partial charge < -0.3 is 0 Å². The van der Waals surface area contributed by atoms with Crippen LogP contribution in [0.25, 0.3) is 72.0 Å². The molecule has 182 valence electrons. The van der Waals surface area contributed by atoms with Crippen molar-refractivity contribution in [3.8, 4) is 33.6 Å². The zero-order valence-corrected chi connectivity index (χ0v) is 21.1. The van der Waals surface area contributed by atoms with Crippen LogP contribution >= 0.6 is 0 Å². The highest BCUT2D eigenvalue weighted by Crippen LogP contribution is 2.39. The fourth-order valence-corrected chi connectivity index (χ4v) is 5.84. The zero-order chi connectivity index (χ0) is 25.8. The second-order valence-electron chi connectivity index (χ2n) is 9.86. The van der Waals surface area contributed by atoms with Crippen molar-refractivity contribution in [1.82, 2.24) is 14.4 Å².